The molecule has 18 heavy (non-hydrogen) atoms. The van der Waals surface area contributed by atoms with E-state index >= 15 is 0 Å². The molecule has 0 atom stereocenters. The molecule has 0 bridgehead atoms. The minimum atomic E-state index is 0.206. The quantitative estimate of drug-likeness (QED) is 0.448. The third-order valence-electron chi connectivity index (χ3n) is 2.41. The van der Waals surface area contributed by atoms with Crippen molar-refractivity contribution < 1.29 is 0 Å². The normalized spacial score (nSPS) is 10.1. The molecule has 1 aromatic heterocycles. The Bertz CT molecular complexity index is 570. The van der Waals surface area contributed by atoms with Crippen LogP contribution in [0.3, 0.4) is 0 Å². The van der Waals surface area contributed by atoms with Gasteiger partial charge in [0.05, 0.1) is 0 Å². The van der Waals surface area contributed by atoms with E-state index in [4.69, 9.17) is 22.7 Å². The van der Waals surface area contributed by atoms with E-state index in [9.17, 15) is 0 Å². The van der Waals surface area contributed by atoms with Gasteiger partial charge in [0.1, 0.15) is 5.82 Å². The summed E-state index contributed by atoms with van der Waals surface area (Å²) < 4.78 is 0. The number of anilines is 2. The van der Waals surface area contributed by atoms with E-state index in [1.54, 1.807) is 18.3 Å². The van der Waals surface area contributed by atoms with Gasteiger partial charge >= 0.3 is 0 Å². The maximum absolute atomic E-state index is 7.24. The summed E-state index contributed by atoms with van der Waals surface area (Å²) in [5.41, 5.74) is 8.03. The van der Waals surface area contributed by atoms with E-state index in [1.807, 2.05) is 12.1 Å². The minimum Gasteiger partial charge on any atom is -0.398 e. The van der Waals surface area contributed by atoms with Crippen LogP contribution in [-0.2, 0) is 6.54 Å². The Morgan fingerprint density at radius 1 is 1.39 bits per heavy atom. The predicted octanol–water partition coefficient (Wildman–Crippen LogP) is 2.32. The molecule has 92 valence electrons. The zero-order valence-electron chi connectivity index (χ0n) is 9.52. The highest BCUT2D eigenvalue weighted by Crippen LogP contribution is 2.13. The second-order valence-corrected chi connectivity index (χ2v) is 4.01. The van der Waals surface area contributed by atoms with Crippen LogP contribution < -0.4 is 11.1 Å². The first-order valence-electron chi connectivity index (χ1n) is 5.30. The first kappa shape index (κ1) is 12.3. The molecule has 1 heterocycles. The fraction of sp³-hybridized carbons (Fsp3) is 0.0833. The minimum absolute atomic E-state index is 0.206. The molecule has 0 aliphatic heterocycles. The zero-order valence-corrected chi connectivity index (χ0v) is 10.3. The molecular weight excluding hydrogens is 250 g/mol. The Morgan fingerprint density at radius 2 is 2.22 bits per heavy atom. The number of hydrogen-bond donors (Lipinski definition) is 3. The van der Waals surface area contributed by atoms with Crippen LogP contribution >= 0.6 is 11.6 Å². The van der Waals surface area contributed by atoms with Crippen LogP contribution in [-0.4, -0.2) is 16.2 Å². The van der Waals surface area contributed by atoms with Gasteiger partial charge in [0.2, 0.25) is 5.28 Å². The lowest BCUT2D eigenvalue weighted by Gasteiger charge is -2.07. The summed E-state index contributed by atoms with van der Waals surface area (Å²) in [6.45, 7) is 0.578. The fourth-order valence-corrected chi connectivity index (χ4v) is 1.63. The van der Waals surface area contributed by atoms with Gasteiger partial charge in [-0.3, -0.25) is 0 Å². The maximum atomic E-state index is 7.24. The van der Waals surface area contributed by atoms with Crippen molar-refractivity contribution >= 4 is 29.3 Å². The Hall–Kier alpha value is -2.14. The van der Waals surface area contributed by atoms with Gasteiger partial charge in [-0.2, -0.15) is 0 Å². The van der Waals surface area contributed by atoms with E-state index in [0.29, 0.717) is 23.6 Å². The van der Waals surface area contributed by atoms with Crippen molar-refractivity contribution in [1.82, 2.24) is 9.97 Å². The van der Waals surface area contributed by atoms with Crippen molar-refractivity contribution in [2.75, 3.05) is 11.1 Å². The molecule has 0 radical (unpaired) electrons. The zero-order chi connectivity index (χ0) is 13.0. The largest absolute Gasteiger partial charge is 0.398 e. The van der Waals surface area contributed by atoms with Crippen LogP contribution in [0.15, 0.2) is 30.5 Å². The standard InChI is InChI=1S/C12H12ClN5/c13-12-16-4-3-11(18-12)17-7-8-1-2-10(15)9(5-8)6-14/h1-6,14H,7,15H2,(H,16,17,18). The van der Waals surface area contributed by atoms with Crippen molar-refractivity contribution in [2.45, 2.75) is 6.54 Å². The third kappa shape index (κ3) is 2.95. The lowest BCUT2D eigenvalue weighted by molar-refractivity contribution is 1.08. The number of rotatable bonds is 4. The molecule has 4 N–H and O–H groups in total. The van der Waals surface area contributed by atoms with Crippen LogP contribution in [0, 0.1) is 5.41 Å². The molecule has 0 aliphatic rings. The number of hydrogen-bond acceptors (Lipinski definition) is 5. The van der Waals surface area contributed by atoms with Crippen molar-refractivity contribution in [3.05, 3.63) is 46.9 Å². The molecule has 0 aliphatic carbocycles. The Kier molecular flexibility index (Phi) is 3.74. The highest BCUT2D eigenvalue weighted by atomic mass is 35.5. The van der Waals surface area contributed by atoms with Gasteiger partial charge < -0.3 is 16.5 Å². The van der Waals surface area contributed by atoms with E-state index < -0.39 is 0 Å². The molecule has 0 spiro atoms. The average Bonchev–Trinajstić information content (AvgIpc) is 2.38. The number of benzene rings is 1. The van der Waals surface area contributed by atoms with Crippen LogP contribution in [0.5, 0.6) is 0 Å². The second kappa shape index (κ2) is 5.46. The summed E-state index contributed by atoms with van der Waals surface area (Å²) in [5, 5.41) is 10.6. The van der Waals surface area contributed by atoms with E-state index in [0.717, 1.165) is 5.56 Å². The van der Waals surface area contributed by atoms with Gasteiger partial charge in [-0.25, -0.2) is 9.97 Å². The second-order valence-electron chi connectivity index (χ2n) is 3.67. The molecule has 2 aromatic rings. The van der Waals surface area contributed by atoms with Crippen LogP contribution in [0.1, 0.15) is 11.1 Å². The fourth-order valence-electron chi connectivity index (χ4n) is 1.49. The molecule has 5 nitrogen and oxygen atoms in total. The van der Waals surface area contributed by atoms with Crippen LogP contribution in [0.4, 0.5) is 11.5 Å². The molecule has 0 saturated heterocycles. The molecular formula is C12H12ClN5. The van der Waals surface area contributed by atoms with Gasteiger partial charge in [-0.15, -0.1) is 0 Å². The number of halogens is 1. The highest BCUT2D eigenvalue weighted by molar-refractivity contribution is 6.28. The molecule has 6 heteroatoms. The van der Waals surface area contributed by atoms with Gasteiger partial charge in [-0.05, 0) is 35.4 Å². The Labute approximate surface area is 110 Å². The van der Waals surface area contributed by atoms with Gasteiger partial charge in [0.25, 0.3) is 0 Å². The number of nitrogens with zero attached hydrogens (tertiary/aromatic N) is 2. The van der Waals surface area contributed by atoms with Gasteiger partial charge in [-0.1, -0.05) is 6.07 Å². The van der Waals surface area contributed by atoms with E-state index in [1.165, 1.54) is 6.21 Å². The molecule has 2 rings (SSSR count). The summed E-state index contributed by atoms with van der Waals surface area (Å²) in [7, 11) is 0. The molecule has 0 fully saturated rings. The smallest absolute Gasteiger partial charge is 0.224 e. The number of aromatic nitrogens is 2. The molecule has 0 amide bonds. The first-order chi connectivity index (χ1) is 8.69. The first-order valence-corrected chi connectivity index (χ1v) is 5.68. The van der Waals surface area contributed by atoms with Crippen molar-refractivity contribution in [3.63, 3.8) is 0 Å². The molecule has 1 aromatic carbocycles. The SMILES string of the molecule is N=Cc1cc(CNc2ccnc(Cl)n2)ccc1N. The number of nitrogen functional groups attached to an aromatic ring is 1. The summed E-state index contributed by atoms with van der Waals surface area (Å²) in [4.78, 5) is 7.82. The highest BCUT2D eigenvalue weighted by Gasteiger charge is 2.00. The number of nitrogens with two attached hydrogens (primary N) is 1. The van der Waals surface area contributed by atoms with Crippen molar-refractivity contribution in [1.29, 1.82) is 5.41 Å². The Balaban J connectivity index is 2.08. The van der Waals surface area contributed by atoms with E-state index in [-0.39, 0.29) is 5.28 Å². The molecule has 0 unspecified atom stereocenters. The van der Waals surface area contributed by atoms with Crippen LogP contribution in [0.2, 0.25) is 5.28 Å². The van der Waals surface area contributed by atoms with Crippen molar-refractivity contribution in [3.8, 4) is 0 Å². The summed E-state index contributed by atoms with van der Waals surface area (Å²) >= 11 is 5.69. The van der Waals surface area contributed by atoms with E-state index in [2.05, 4.69) is 15.3 Å². The van der Waals surface area contributed by atoms with Gasteiger partial charge in [0.15, 0.2) is 0 Å². The maximum Gasteiger partial charge on any atom is 0.224 e. The van der Waals surface area contributed by atoms with Crippen molar-refractivity contribution in [2.24, 2.45) is 0 Å². The molecule has 0 saturated carbocycles. The lowest BCUT2D eigenvalue weighted by atomic mass is 10.1. The number of nitrogens with one attached hydrogen (secondary N) is 2. The average molecular weight is 262 g/mol. The monoisotopic (exact) mass is 261 g/mol. The topological polar surface area (TPSA) is 87.7 Å². The summed E-state index contributed by atoms with van der Waals surface area (Å²) in [6, 6.07) is 7.28. The third-order valence-corrected chi connectivity index (χ3v) is 2.59. The Morgan fingerprint density at radius 3 is 2.94 bits per heavy atom. The lowest BCUT2D eigenvalue weighted by Crippen LogP contribution is -2.03. The summed E-state index contributed by atoms with van der Waals surface area (Å²) in [6.07, 6.45) is 2.82. The predicted molar refractivity (Wildman–Crippen MR) is 73.1 cm³/mol. The van der Waals surface area contributed by atoms with Gasteiger partial charge in [0, 0.05) is 30.2 Å². The summed E-state index contributed by atoms with van der Waals surface area (Å²) in [5.74, 6) is 0.656. The van der Waals surface area contributed by atoms with Crippen LogP contribution in [0.25, 0.3) is 0 Å².